The third-order valence-electron chi connectivity index (χ3n) is 3.26. The molecular weight excluding hydrogens is 188 g/mol. The van der Waals surface area contributed by atoms with Crippen LogP contribution in [-0.4, -0.2) is 24.9 Å². The Labute approximate surface area is 90.9 Å². The summed E-state index contributed by atoms with van der Waals surface area (Å²) >= 11 is 0. The van der Waals surface area contributed by atoms with Crippen LogP contribution in [0.2, 0.25) is 0 Å². The van der Waals surface area contributed by atoms with Crippen LogP contribution in [0.25, 0.3) is 0 Å². The largest absolute Gasteiger partial charge is 0.396 e. The number of rotatable bonds is 3. The molecule has 1 atom stereocenters. The topological polar surface area (TPSA) is 29.5 Å². The van der Waals surface area contributed by atoms with Gasteiger partial charge < -0.3 is 9.84 Å². The molecule has 1 heterocycles. The third-order valence-corrected chi connectivity index (χ3v) is 3.26. The molecule has 1 fully saturated rings. The number of benzene rings is 1. The molecule has 1 saturated heterocycles. The summed E-state index contributed by atoms with van der Waals surface area (Å²) < 4.78 is 5.35. The zero-order chi connectivity index (χ0) is 10.5. The fourth-order valence-corrected chi connectivity index (χ4v) is 2.35. The fourth-order valence-electron chi connectivity index (χ4n) is 2.35. The van der Waals surface area contributed by atoms with Crippen LogP contribution in [0, 0.1) is 5.92 Å². The molecule has 0 aromatic heterocycles. The number of hydrogen-bond acceptors (Lipinski definition) is 2. The molecule has 0 amide bonds. The summed E-state index contributed by atoms with van der Waals surface area (Å²) in [6.07, 6.45) is 2.14. The van der Waals surface area contributed by atoms with Crippen molar-refractivity contribution in [2.24, 2.45) is 5.92 Å². The van der Waals surface area contributed by atoms with E-state index >= 15 is 0 Å². The minimum atomic E-state index is 0.245. The molecule has 0 radical (unpaired) electrons. The Balaban J connectivity index is 2.09. The second-order valence-electron chi connectivity index (χ2n) is 4.15. The Hall–Kier alpha value is -0.860. The highest BCUT2D eigenvalue weighted by Gasteiger charge is 2.24. The van der Waals surface area contributed by atoms with Crippen molar-refractivity contribution >= 4 is 0 Å². The van der Waals surface area contributed by atoms with Crippen molar-refractivity contribution in [3.8, 4) is 0 Å². The van der Waals surface area contributed by atoms with Gasteiger partial charge in [-0.25, -0.2) is 0 Å². The maximum absolute atomic E-state index is 9.49. The summed E-state index contributed by atoms with van der Waals surface area (Å²) in [6.45, 7) is 1.93. The van der Waals surface area contributed by atoms with Crippen LogP contribution in [0.5, 0.6) is 0 Å². The highest BCUT2D eigenvalue weighted by Crippen LogP contribution is 2.31. The van der Waals surface area contributed by atoms with Crippen LogP contribution in [-0.2, 0) is 4.74 Å². The Morgan fingerprint density at radius 3 is 2.47 bits per heavy atom. The van der Waals surface area contributed by atoms with Gasteiger partial charge in [0.05, 0.1) is 6.61 Å². The van der Waals surface area contributed by atoms with Gasteiger partial charge in [-0.05, 0) is 24.3 Å². The molecule has 1 aromatic rings. The number of aliphatic hydroxyl groups is 1. The molecule has 2 heteroatoms. The maximum Gasteiger partial charge on any atom is 0.0502 e. The molecule has 0 spiro atoms. The summed E-state index contributed by atoms with van der Waals surface area (Å²) in [7, 11) is 0. The Morgan fingerprint density at radius 2 is 1.87 bits per heavy atom. The molecule has 1 aromatic carbocycles. The molecule has 0 bridgehead atoms. The van der Waals surface area contributed by atoms with Crippen LogP contribution in [0.1, 0.15) is 24.3 Å². The molecule has 0 aliphatic carbocycles. The molecule has 1 aliphatic heterocycles. The standard InChI is InChI=1S/C13H18O2/c14-10-13(11-4-2-1-3-5-11)12-6-8-15-9-7-12/h1-5,12-14H,6-10H2. The summed E-state index contributed by atoms with van der Waals surface area (Å²) in [5.41, 5.74) is 1.26. The molecule has 1 unspecified atom stereocenters. The van der Waals surface area contributed by atoms with Crippen molar-refractivity contribution in [3.05, 3.63) is 35.9 Å². The molecular formula is C13H18O2. The first kappa shape index (κ1) is 10.7. The summed E-state index contributed by atoms with van der Waals surface area (Å²) in [6, 6.07) is 10.3. The van der Waals surface area contributed by atoms with Gasteiger partial charge in [-0.2, -0.15) is 0 Å². The first-order valence-corrected chi connectivity index (χ1v) is 5.65. The van der Waals surface area contributed by atoms with Crippen LogP contribution in [0.15, 0.2) is 30.3 Å². The summed E-state index contributed by atoms with van der Waals surface area (Å²) in [5.74, 6) is 0.862. The lowest BCUT2D eigenvalue weighted by molar-refractivity contribution is 0.0493. The number of ether oxygens (including phenoxy) is 1. The highest BCUT2D eigenvalue weighted by molar-refractivity contribution is 5.20. The van der Waals surface area contributed by atoms with E-state index in [0.717, 1.165) is 26.1 Å². The zero-order valence-electron chi connectivity index (χ0n) is 8.93. The van der Waals surface area contributed by atoms with Gasteiger partial charge in [0.25, 0.3) is 0 Å². The highest BCUT2D eigenvalue weighted by atomic mass is 16.5. The molecule has 2 rings (SSSR count). The third kappa shape index (κ3) is 2.58. The Kier molecular flexibility index (Phi) is 3.75. The van der Waals surface area contributed by atoms with Gasteiger partial charge in [-0.15, -0.1) is 0 Å². The Morgan fingerprint density at radius 1 is 1.20 bits per heavy atom. The van der Waals surface area contributed by atoms with E-state index in [1.165, 1.54) is 5.56 Å². The van der Waals surface area contributed by atoms with E-state index in [2.05, 4.69) is 12.1 Å². The van der Waals surface area contributed by atoms with E-state index < -0.39 is 0 Å². The molecule has 82 valence electrons. The smallest absolute Gasteiger partial charge is 0.0502 e. The lowest BCUT2D eigenvalue weighted by Gasteiger charge is -2.29. The lowest BCUT2D eigenvalue weighted by atomic mass is 9.82. The predicted octanol–water partition coefficient (Wildman–Crippen LogP) is 2.19. The lowest BCUT2D eigenvalue weighted by Crippen LogP contribution is -2.24. The molecule has 2 nitrogen and oxygen atoms in total. The summed E-state index contributed by atoms with van der Waals surface area (Å²) in [5, 5.41) is 9.49. The molecule has 0 saturated carbocycles. The van der Waals surface area contributed by atoms with Crippen LogP contribution in [0.3, 0.4) is 0 Å². The van der Waals surface area contributed by atoms with Gasteiger partial charge in [-0.1, -0.05) is 30.3 Å². The van der Waals surface area contributed by atoms with Crippen molar-refractivity contribution < 1.29 is 9.84 Å². The van der Waals surface area contributed by atoms with Gasteiger partial charge in [0.15, 0.2) is 0 Å². The van der Waals surface area contributed by atoms with Gasteiger partial charge in [0, 0.05) is 19.1 Å². The van der Waals surface area contributed by atoms with Crippen LogP contribution < -0.4 is 0 Å². The molecule has 1 N–H and O–H groups in total. The molecule has 15 heavy (non-hydrogen) atoms. The number of aliphatic hydroxyl groups excluding tert-OH is 1. The van der Waals surface area contributed by atoms with Gasteiger partial charge in [0.2, 0.25) is 0 Å². The Bertz CT molecular complexity index is 278. The number of hydrogen-bond donors (Lipinski definition) is 1. The SMILES string of the molecule is OCC(c1ccccc1)C1CCOCC1. The van der Waals surface area contributed by atoms with E-state index in [-0.39, 0.29) is 12.5 Å². The van der Waals surface area contributed by atoms with E-state index in [0.29, 0.717) is 5.92 Å². The van der Waals surface area contributed by atoms with Gasteiger partial charge >= 0.3 is 0 Å². The normalized spacial score (nSPS) is 20.1. The average molecular weight is 206 g/mol. The summed E-state index contributed by atoms with van der Waals surface area (Å²) in [4.78, 5) is 0. The van der Waals surface area contributed by atoms with Crippen molar-refractivity contribution in [2.45, 2.75) is 18.8 Å². The molecule has 1 aliphatic rings. The van der Waals surface area contributed by atoms with Crippen molar-refractivity contribution in [2.75, 3.05) is 19.8 Å². The van der Waals surface area contributed by atoms with Crippen LogP contribution >= 0.6 is 0 Å². The van der Waals surface area contributed by atoms with Crippen LogP contribution in [0.4, 0.5) is 0 Å². The van der Waals surface area contributed by atoms with Gasteiger partial charge in [-0.3, -0.25) is 0 Å². The monoisotopic (exact) mass is 206 g/mol. The first-order valence-electron chi connectivity index (χ1n) is 5.65. The minimum absolute atomic E-state index is 0.245. The predicted molar refractivity (Wildman–Crippen MR) is 59.8 cm³/mol. The van der Waals surface area contributed by atoms with Gasteiger partial charge in [0.1, 0.15) is 0 Å². The maximum atomic E-state index is 9.49. The van der Waals surface area contributed by atoms with Crippen molar-refractivity contribution in [1.29, 1.82) is 0 Å². The second-order valence-corrected chi connectivity index (χ2v) is 4.15. The zero-order valence-corrected chi connectivity index (χ0v) is 8.93. The van der Waals surface area contributed by atoms with E-state index in [4.69, 9.17) is 4.74 Å². The van der Waals surface area contributed by atoms with Crippen molar-refractivity contribution in [3.63, 3.8) is 0 Å². The van der Waals surface area contributed by atoms with E-state index in [1.54, 1.807) is 0 Å². The minimum Gasteiger partial charge on any atom is -0.396 e. The van der Waals surface area contributed by atoms with E-state index in [9.17, 15) is 5.11 Å². The fraction of sp³-hybridized carbons (Fsp3) is 0.538. The van der Waals surface area contributed by atoms with Crippen molar-refractivity contribution in [1.82, 2.24) is 0 Å². The average Bonchev–Trinajstić information content (AvgIpc) is 2.33. The second kappa shape index (κ2) is 5.29. The quantitative estimate of drug-likeness (QED) is 0.821. The van der Waals surface area contributed by atoms with E-state index in [1.807, 2.05) is 18.2 Å². The first-order chi connectivity index (χ1) is 7.42.